The molecule has 2 saturated heterocycles. The van der Waals surface area contributed by atoms with Crippen LogP contribution in [0.2, 0.25) is 0 Å². The van der Waals surface area contributed by atoms with Crippen molar-refractivity contribution in [1.29, 1.82) is 0 Å². The van der Waals surface area contributed by atoms with Gasteiger partial charge in [0.1, 0.15) is 84.4 Å². The Morgan fingerprint density at radius 2 is 0.870 bits per heavy atom. The highest BCUT2D eigenvalue weighted by atomic mass is 16.5. The average molecular weight is 1380 g/mol. The summed E-state index contributed by atoms with van der Waals surface area (Å²) in [6.45, 7) is 9.94. The summed E-state index contributed by atoms with van der Waals surface area (Å²) in [6, 6.07) is 17.6. The Bertz CT molecular complexity index is 3610. The van der Waals surface area contributed by atoms with Crippen LogP contribution in [0.1, 0.15) is 100 Å². The molecule has 8 heterocycles. The van der Waals surface area contributed by atoms with E-state index in [9.17, 15) is 58.2 Å². The van der Waals surface area contributed by atoms with Crippen LogP contribution in [0.4, 0.5) is 0 Å². The number of aromatic nitrogens is 6. The number of carboxylic acid groups (broad SMARTS) is 2. The molecule has 8 amide bonds. The number of likely N-dealkylation sites (tertiary alicyclic amines) is 2. The lowest BCUT2D eigenvalue weighted by atomic mass is 10.0. The van der Waals surface area contributed by atoms with Crippen LogP contribution in [0.3, 0.4) is 0 Å². The minimum absolute atomic E-state index is 0.0210. The molecule has 12 unspecified atom stereocenters. The number of carbonyl (C=O) groups is 10. The molecule has 100 heavy (non-hydrogen) atoms. The molecule has 10 N–H and O–H groups in total. The smallest absolute Gasteiger partial charge is 0.326 e. The number of carbonyl (C=O) groups excluding carboxylic acids is 8. The molecule has 30 heteroatoms. The molecular weight excluding hydrogens is 1290 g/mol. The van der Waals surface area contributed by atoms with Crippen molar-refractivity contribution < 1.29 is 67.6 Å². The molecule has 12 bridgehead atoms. The van der Waals surface area contributed by atoms with Gasteiger partial charge in [-0.2, -0.15) is 0 Å². The maximum Gasteiger partial charge on any atom is 0.326 e. The topological polar surface area (TPSA) is 394 Å². The second-order valence-electron chi connectivity index (χ2n) is 26.2. The number of hydrogen-bond donors (Lipinski definition) is 10. The van der Waals surface area contributed by atoms with E-state index in [1.54, 1.807) is 177 Å². The number of ether oxygens (including phenoxy) is 2. The Labute approximate surface area is 578 Å². The van der Waals surface area contributed by atoms with E-state index < -0.39 is 144 Å². The maximum atomic E-state index is 15.0. The quantitative estimate of drug-likeness (QED) is 0.0651. The predicted octanol–water partition coefficient (Wildman–Crippen LogP) is 1.20. The summed E-state index contributed by atoms with van der Waals surface area (Å²) < 4.78 is 15.2. The van der Waals surface area contributed by atoms with E-state index in [0.29, 0.717) is 45.1 Å². The molecule has 4 aromatic carbocycles. The third kappa shape index (κ3) is 19.0. The van der Waals surface area contributed by atoms with Gasteiger partial charge in [0, 0.05) is 51.6 Å². The number of hydrogen-bond acceptors (Lipinski definition) is 18. The van der Waals surface area contributed by atoms with Crippen LogP contribution >= 0.6 is 0 Å². The highest BCUT2D eigenvalue weighted by Gasteiger charge is 2.47. The van der Waals surface area contributed by atoms with Crippen molar-refractivity contribution in [3.63, 3.8) is 0 Å². The number of nitrogens with one attached hydrogen (secondary N) is 8. The van der Waals surface area contributed by atoms with Gasteiger partial charge in [-0.1, -0.05) is 123 Å². The fourth-order valence-corrected chi connectivity index (χ4v) is 12.1. The zero-order chi connectivity index (χ0) is 71.9. The van der Waals surface area contributed by atoms with Gasteiger partial charge in [-0.3, -0.25) is 38.4 Å². The van der Waals surface area contributed by atoms with Crippen LogP contribution in [0.25, 0.3) is 0 Å². The summed E-state index contributed by atoms with van der Waals surface area (Å²) in [6.07, 6.45) is 2.64. The van der Waals surface area contributed by atoms with E-state index in [0.717, 1.165) is 0 Å². The minimum atomic E-state index is -1.49. The first-order valence-corrected chi connectivity index (χ1v) is 33.4. The summed E-state index contributed by atoms with van der Waals surface area (Å²) >= 11 is 0. The minimum Gasteiger partial charge on any atom is -0.487 e. The van der Waals surface area contributed by atoms with Crippen LogP contribution in [0, 0.1) is 11.8 Å². The van der Waals surface area contributed by atoms with Crippen molar-refractivity contribution in [1.82, 2.24) is 82.3 Å². The van der Waals surface area contributed by atoms with Crippen molar-refractivity contribution in [2.45, 2.75) is 166 Å². The second-order valence-corrected chi connectivity index (χ2v) is 26.2. The summed E-state index contributed by atoms with van der Waals surface area (Å²) in [7, 11) is 3.21. The van der Waals surface area contributed by atoms with Gasteiger partial charge in [0.15, 0.2) is 0 Å². The highest BCUT2D eigenvalue weighted by molar-refractivity contribution is 5.98. The average Bonchev–Trinajstić information content (AvgIpc) is 1.64. The van der Waals surface area contributed by atoms with Gasteiger partial charge in [-0.15, -0.1) is 10.2 Å². The van der Waals surface area contributed by atoms with Crippen molar-refractivity contribution >= 4 is 59.2 Å². The molecule has 0 aliphatic carbocycles. The zero-order valence-electron chi connectivity index (χ0n) is 57.1. The highest BCUT2D eigenvalue weighted by Crippen LogP contribution is 2.32. The van der Waals surface area contributed by atoms with Gasteiger partial charge in [-0.25, -0.2) is 19.0 Å². The van der Waals surface area contributed by atoms with E-state index in [2.05, 4.69) is 63.2 Å². The molecule has 0 spiro atoms. The first-order chi connectivity index (χ1) is 47.9. The van der Waals surface area contributed by atoms with Crippen molar-refractivity contribution in [2.75, 3.05) is 27.2 Å². The van der Waals surface area contributed by atoms with Gasteiger partial charge in [-0.05, 0) is 86.3 Å². The molecule has 2 fully saturated rings. The van der Waals surface area contributed by atoms with Gasteiger partial charge in [0.05, 0.1) is 36.6 Å². The first kappa shape index (κ1) is 73.6. The Hall–Kier alpha value is -10.6. The molecule has 12 atom stereocenters. The monoisotopic (exact) mass is 1380 g/mol. The number of amides is 8. The summed E-state index contributed by atoms with van der Waals surface area (Å²) in [5.74, 6) is -8.00. The van der Waals surface area contributed by atoms with Gasteiger partial charge < -0.3 is 72.0 Å². The Kier molecular flexibility index (Phi) is 24.9. The standard InChI is InChI=1S/C70H88N16O14/c1-39(2)59(77-61(87)41(5)71-7)67(93)83-35-49-31-57(83)65(91)73-53(27-43-15-11-9-12-16-43)63(89)75-55(69(95)96)29-45-21-25-52(26-22-45)100-38-48-34-86(82-80-48)50-32-58(84(36-50)68(94)60(40(3)4)78-62(88)42(6)72-8)66(92)74-54(28-44-17-13-10-14-18-44)64(90)76-56(70(97)98)30-46-19-23-51(24-20-46)99-37-47-33-85(49)81-79-47/h9-26,33-34,39-42,49-50,53-60,71-72H,27-32,35-38H2,1-8H3,(H,73,91)(H,74,92)(H,75,89)(H,76,90)(H,77,87)(H,78,88)(H,95,96)(H,97,98). The number of aliphatic carboxylic acids is 2. The van der Waals surface area contributed by atoms with Crippen LogP contribution < -0.4 is 52.0 Å². The van der Waals surface area contributed by atoms with Gasteiger partial charge in [0.25, 0.3) is 0 Å². The van der Waals surface area contributed by atoms with Crippen LogP contribution in [0.5, 0.6) is 11.5 Å². The molecule has 532 valence electrons. The van der Waals surface area contributed by atoms with E-state index in [4.69, 9.17) is 9.47 Å². The molecule has 30 nitrogen and oxygen atoms in total. The fourth-order valence-electron chi connectivity index (χ4n) is 12.1. The number of carboxylic acids is 2. The van der Waals surface area contributed by atoms with Crippen LogP contribution in [0.15, 0.2) is 122 Å². The lowest BCUT2D eigenvalue weighted by molar-refractivity contribution is -0.144. The summed E-state index contributed by atoms with van der Waals surface area (Å²) in [5.41, 5.74) is 2.97. The van der Waals surface area contributed by atoms with E-state index in [-0.39, 0.29) is 64.8 Å². The lowest BCUT2D eigenvalue weighted by Crippen LogP contribution is -2.59. The SMILES string of the molecule is CNC(C)C(=O)NC(C(=O)N1CC2CC1C(=O)NC(Cc1ccccc1)C(=O)NC(C(=O)O)Cc1ccc(cc1)OCc1cn(nn1)C1CC(C(=O)NC(Cc3ccccc3)C(=O)NC(C(=O)O)Cc3ccc(cc3)OCc3cn2nn3)N(C(=O)C(NC(=O)C(C)NC)C(C)C)C1)C(C)C. The maximum absolute atomic E-state index is 15.0. The molecule has 6 aliphatic heterocycles. The Morgan fingerprint density at radius 1 is 0.510 bits per heavy atom. The third-order valence-corrected chi connectivity index (χ3v) is 18.3. The molecule has 12 rings (SSSR count). The van der Waals surface area contributed by atoms with Crippen molar-refractivity contribution in [3.05, 3.63) is 155 Å². The number of rotatable bonds is 16. The van der Waals surface area contributed by atoms with Crippen LogP contribution in [-0.2, 0) is 86.8 Å². The normalized spacial score (nSPS) is 22.3. The molecule has 6 aromatic rings. The lowest BCUT2D eigenvalue weighted by Gasteiger charge is -2.31. The van der Waals surface area contributed by atoms with E-state index in [1.807, 2.05) is 0 Å². The van der Waals surface area contributed by atoms with Gasteiger partial charge >= 0.3 is 11.9 Å². The first-order valence-electron chi connectivity index (χ1n) is 33.4. The van der Waals surface area contributed by atoms with Crippen molar-refractivity contribution in [3.8, 4) is 11.5 Å². The van der Waals surface area contributed by atoms with Crippen LogP contribution in [-0.4, -0.2) is 197 Å². The summed E-state index contributed by atoms with van der Waals surface area (Å²) in [5, 5.41) is 61.0. The number of likely N-dealkylation sites (N-methyl/N-ethyl adjacent to an activating group) is 2. The van der Waals surface area contributed by atoms with E-state index >= 15 is 0 Å². The molecule has 0 radical (unpaired) electrons. The summed E-state index contributed by atoms with van der Waals surface area (Å²) in [4.78, 5) is 144. The predicted molar refractivity (Wildman–Crippen MR) is 361 cm³/mol. The van der Waals surface area contributed by atoms with Gasteiger partial charge in [0.2, 0.25) is 47.3 Å². The largest absolute Gasteiger partial charge is 0.487 e. The molecule has 0 saturated carbocycles. The second kappa shape index (κ2) is 33.8. The number of nitrogens with zero attached hydrogens (tertiary/aromatic N) is 8. The Morgan fingerprint density at radius 3 is 1.20 bits per heavy atom. The molecule has 2 aromatic heterocycles. The molecular formula is C70H88N16O14. The Balaban J connectivity index is 1.03. The van der Waals surface area contributed by atoms with Crippen molar-refractivity contribution in [2.24, 2.45) is 11.8 Å². The fraction of sp³-hybridized carbons (Fsp3) is 0.457. The zero-order valence-corrected chi connectivity index (χ0v) is 57.1. The molecule has 6 aliphatic rings. The van der Waals surface area contributed by atoms with E-state index in [1.165, 1.54) is 19.2 Å². The third-order valence-electron chi connectivity index (χ3n) is 18.3. The number of benzene rings is 4.